The number of ketones is 1. The Morgan fingerprint density at radius 1 is 1.39 bits per heavy atom. The summed E-state index contributed by atoms with van der Waals surface area (Å²) in [6.45, 7) is 0.626. The second-order valence-corrected chi connectivity index (χ2v) is 6.56. The molecule has 0 aromatic heterocycles. The summed E-state index contributed by atoms with van der Waals surface area (Å²) in [6.07, 6.45) is -6.61. The zero-order chi connectivity index (χ0) is 23.5. The van der Waals surface area contributed by atoms with Crippen LogP contribution in [-0.2, 0) is 23.9 Å². The van der Waals surface area contributed by atoms with Gasteiger partial charge in [-0.3, -0.25) is 10.2 Å². The Bertz CT molecular complexity index is 960. The molecule has 12 nitrogen and oxygen atoms in total. The van der Waals surface area contributed by atoms with E-state index in [1.165, 1.54) is 13.0 Å². The number of esters is 1. The van der Waals surface area contributed by atoms with E-state index in [9.17, 15) is 39.9 Å². The fraction of sp³-hybridized carbons (Fsp3) is 0.389. The summed E-state index contributed by atoms with van der Waals surface area (Å²) >= 11 is 4.41. The third-order valence-corrected chi connectivity index (χ3v) is 4.66. The number of hydrogen-bond donors (Lipinski definition) is 6. The number of isothiocyanates is 1. The normalized spacial score (nSPS) is 29.2. The fourth-order valence-corrected chi connectivity index (χ4v) is 3.14. The van der Waals surface area contributed by atoms with Gasteiger partial charge in [0.05, 0.1) is 11.8 Å². The molecule has 1 aliphatic carbocycles. The van der Waals surface area contributed by atoms with Gasteiger partial charge in [0.25, 0.3) is 0 Å². The van der Waals surface area contributed by atoms with E-state index in [1.54, 1.807) is 0 Å². The molecule has 0 bridgehead atoms. The van der Waals surface area contributed by atoms with Gasteiger partial charge in [-0.05, 0) is 25.2 Å². The molecule has 13 heteroatoms. The van der Waals surface area contributed by atoms with E-state index in [4.69, 9.17) is 14.9 Å². The Morgan fingerprint density at radius 3 is 2.55 bits per heavy atom. The fourth-order valence-electron chi connectivity index (χ4n) is 3.04. The van der Waals surface area contributed by atoms with E-state index < -0.39 is 77.5 Å². The van der Waals surface area contributed by atoms with Crippen molar-refractivity contribution in [3.05, 3.63) is 34.8 Å². The Morgan fingerprint density at radius 2 is 2.03 bits per heavy atom. The van der Waals surface area contributed by atoms with Crippen LogP contribution in [0.3, 0.4) is 0 Å². The highest BCUT2D eigenvalue weighted by Crippen LogP contribution is 2.33. The largest absolute Gasteiger partial charge is 0.507 e. The minimum Gasteiger partial charge on any atom is -0.507 e. The SMILES string of the molecule is C/C=C(\N=C=S)C(=O)O[C@H]1[C@@H](O)[C@@H](O)[C@H](C2=CC(=O)C(=N)C(C(=O)O)=C2O)O[C@@H]1CO. The first kappa shape index (κ1) is 24.2. The zero-order valence-corrected chi connectivity index (χ0v) is 16.7. The molecule has 1 heterocycles. The number of hydrogen-bond acceptors (Lipinski definition) is 12. The van der Waals surface area contributed by atoms with Gasteiger partial charge in [-0.25, -0.2) is 9.59 Å². The van der Waals surface area contributed by atoms with Crippen LogP contribution in [0.15, 0.2) is 39.7 Å². The van der Waals surface area contributed by atoms with Crippen LogP contribution in [-0.4, -0.2) is 91.3 Å². The maximum atomic E-state index is 12.2. The average Bonchev–Trinajstić information content (AvgIpc) is 2.72. The van der Waals surface area contributed by atoms with E-state index in [1.807, 2.05) is 5.16 Å². The summed E-state index contributed by atoms with van der Waals surface area (Å²) in [5.41, 5.74) is -2.78. The van der Waals surface area contributed by atoms with Crippen LogP contribution in [0.4, 0.5) is 0 Å². The number of carboxylic acid groups (broad SMARTS) is 1. The van der Waals surface area contributed by atoms with E-state index >= 15 is 0 Å². The monoisotopic (exact) mass is 454 g/mol. The number of allylic oxidation sites excluding steroid dienone is 2. The van der Waals surface area contributed by atoms with Gasteiger partial charge in [0.1, 0.15) is 41.5 Å². The summed E-state index contributed by atoms with van der Waals surface area (Å²) in [5, 5.41) is 59.5. The number of carbonyl (C=O) groups is 3. The highest BCUT2D eigenvalue weighted by Gasteiger charge is 2.49. The molecule has 166 valence electrons. The lowest BCUT2D eigenvalue weighted by Gasteiger charge is -2.42. The number of thiocarbonyl (C=S) groups is 1. The van der Waals surface area contributed by atoms with Crippen molar-refractivity contribution in [1.82, 2.24) is 0 Å². The molecular formula is C18H18N2O10S. The summed E-state index contributed by atoms with van der Waals surface area (Å²) in [7, 11) is 0. The zero-order valence-electron chi connectivity index (χ0n) is 15.9. The van der Waals surface area contributed by atoms with E-state index in [-0.39, 0.29) is 5.70 Å². The minimum atomic E-state index is -1.92. The molecule has 1 fully saturated rings. The molecule has 0 unspecified atom stereocenters. The molecule has 6 N–H and O–H groups in total. The number of nitrogens with one attached hydrogen (secondary N) is 1. The first-order valence-electron chi connectivity index (χ1n) is 8.68. The molecule has 0 spiro atoms. The lowest BCUT2D eigenvalue weighted by molar-refractivity contribution is -0.230. The van der Waals surface area contributed by atoms with Gasteiger partial charge < -0.3 is 35.0 Å². The molecule has 0 amide bonds. The number of aliphatic hydroxyl groups excluding tert-OH is 4. The second kappa shape index (κ2) is 9.83. The van der Waals surface area contributed by atoms with Crippen LogP contribution < -0.4 is 0 Å². The van der Waals surface area contributed by atoms with Gasteiger partial charge in [0.2, 0.25) is 5.78 Å². The Labute approximate surface area is 179 Å². The van der Waals surface area contributed by atoms with Crippen molar-refractivity contribution in [3.63, 3.8) is 0 Å². The topological polar surface area (TPSA) is 207 Å². The number of ether oxygens (including phenoxy) is 2. The highest BCUT2D eigenvalue weighted by atomic mass is 32.1. The first-order chi connectivity index (χ1) is 14.6. The number of aliphatic hydroxyl groups is 4. The minimum absolute atomic E-state index is 0.263. The Hall–Kier alpha value is -3.06. The molecule has 2 rings (SSSR count). The lowest BCUT2D eigenvalue weighted by atomic mass is 9.85. The van der Waals surface area contributed by atoms with Gasteiger partial charge in [-0.2, -0.15) is 4.99 Å². The maximum absolute atomic E-state index is 12.2. The van der Waals surface area contributed by atoms with Gasteiger partial charge in [-0.1, -0.05) is 6.08 Å². The second-order valence-electron chi connectivity index (χ2n) is 6.37. The van der Waals surface area contributed by atoms with Gasteiger partial charge in [0, 0.05) is 5.57 Å². The van der Waals surface area contributed by atoms with Crippen molar-refractivity contribution in [2.75, 3.05) is 6.61 Å². The number of aliphatic carboxylic acids is 1. The van der Waals surface area contributed by atoms with Crippen molar-refractivity contribution >= 4 is 40.8 Å². The molecule has 0 saturated carbocycles. The predicted molar refractivity (Wildman–Crippen MR) is 105 cm³/mol. The van der Waals surface area contributed by atoms with Crippen LogP contribution in [0.25, 0.3) is 0 Å². The number of aliphatic imine (C=N–C) groups is 1. The van der Waals surface area contributed by atoms with Gasteiger partial charge in [-0.15, -0.1) is 0 Å². The molecule has 5 atom stereocenters. The van der Waals surface area contributed by atoms with Crippen LogP contribution >= 0.6 is 12.2 Å². The maximum Gasteiger partial charge on any atom is 0.357 e. The average molecular weight is 454 g/mol. The van der Waals surface area contributed by atoms with E-state index in [0.717, 1.165) is 0 Å². The van der Waals surface area contributed by atoms with Crippen molar-refractivity contribution in [2.45, 2.75) is 37.4 Å². The van der Waals surface area contributed by atoms with Gasteiger partial charge >= 0.3 is 11.9 Å². The number of carboxylic acids is 1. The van der Waals surface area contributed by atoms with Gasteiger partial charge in [0.15, 0.2) is 11.8 Å². The molecule has 31 heavy (non-hydrogen) atoms. The van der Waals surface area contributed by atoms with Crippen LogP contribution in [0.5, 0.6) is 0 Å². The van der Waals surface area contributed by atoms with Crippen LogP contribution in [0.1, 0.15) is 6.92 Å². The van der Waals surface area contributed by atoms with Crippen molar-refractivity contribution in [3.8, 4) is 0 Å². The molecule has 0 aromatic carbocycles. The summed E-state index contributed by atoms with van der Waals surface area (Å²) < 4.78 is 10.5. The number of carbonyl (C=O) groups excluding carboxylic acids is 2. The third-order valence-electron chi connectivity index (χ3n) is 4.57. The molecule has 1 aliphatic heterocycles. The van der Waals surface area contributed by atoms with Crippen LogP contribution in [0.2, 0.25) is 0 Å². The standard InChI is InChI=1S/C18H18N2O10S/c1-2-7(20-5-31)18(28)30-16-9(4-21)29-15(13(24)14(16)25)6-3-8(22)11(19)10(12(6)23)17(26)27/h2-3,9,13-16,19,21,23-25H,4H2,1H3,(H,26,27)/b7-2-,19-11?/t9-,13-,14+,15+,16-/m1/s1. The molecular weight excluding hydrogens is 436 g/mol. The smallest absolute Gasteiger partial charge is 0.357 e. The Balaban J connectivity index is 2.38. The molecule has 0 radical (unpaired) electrons. The predicted octanol–water partition coefficient (Wildman–Crippen LogP) is -1.19. The van der Waals surface area contributed by atoms with Crippen molar-refractivity contribution in [1.29, 1.82) is 5.41 Å². The van der Waals surface area contributed by atoms with Crippen molar-refractivity contribution in [2.24, 2.45) is 4.99 Å². The van der Waals surface area contributed by atoms with Crippen molar-refractivity contribution < 1.29 is 49.4 Å². The first-order valence-corrected chi connectivity index (χ1v) is 9.09. The lowest BCUT2D eigenvalue weighted by Crippen LogP contribution is -2.60. The van der Waals surface area contributed by atoms with Crippen LogP contribution in [0, 0.1) is 5.41 Å². The highest BCUT2D eigenvalue weighted by molar-refractivity contribution is 7.78. The quantitative estimate of drug-likeness (QED) is 0.0924. The number of rotatable bonds is 6. The summed E-state index contributed by atoms with van der Waals surface area (Å²) in [4.78, 5) is 39.0. The molecule has 1 saturated heterocycles. The Kier molecular flexibility index (Phi) is 7.68. The summed E-state index contributed by atoms with van der Waals surface area (Å²) in [5.74, 6) is -4.93. The molecule has 0 aromatic rings. The van der Waals surface area contributed by atoms with E-state index in [2.05, 4.69) is 17.2 Å². The number of nitrogens with zero attached hydrogens (tertiary/aromatic N) is 1. The van der Waals surface area contributed by atoms with E-state index in [0.29, 0.717) is 6.08 Å². The summed E-state index contributed by atoms with van der Waals surface area (Å²) in [6, 6.07) is 0. The molecule has 2 aliphatic rings. The third kappa shape index (κ3) is 4.66.